The van der Waals surface area contributed by atoms with Gasteiger partial charge in [-0.1, -0.05) is 42.5 Å². The average molecular weight is 574 g/mol. The monoisotopic (exact) mass is 573 g/mol. The zero-order chi connectivity index (χ0) is 29.5. The van der Waals surface area contributed by atoms with Gasteiger partial charge in [-0.2, -0.15) is 11.8 Å². The van der Waals surface area contributed by atoms with E-state index in [4.69, 9.17) is 5.73 Å². The number of thioether (sulfide) groups is 1. The number of amides is 4. The number of nitrogens with two attached hydrogens (primary N) is 1. The summed E-state index contributed by atoms with van der Waals surface area (Å²) in [5.41, 5.74) is 7.35. The van der Waals surface area contributed by atoms with Gasteiger partial charge in [0, 0.05) is 6.42 Å². The highest BCUT2D eigenvalue weighted by Gasteiger charge is 2.27. The van der Waals surface area contributed by atoms with E-state index in [-0.39, 0.29) is 25.0 Å². The first-order chi connectivity index (χ1) is 19.1. The van der Waals surface area contributed by atoms with E-state index in [1.165, 1.54) is 23.9 Å². The first-order valence-electron chi connectivity index (χ1n) is 12.5. The molecule has 12 nitrogen and oxygen atoms in total. The number of benzene rings is 2. The van der Waals surface area contributed by atoms with Gasteiger partial charge in [0.05, 0.1) is 19.1 Å². The molecule has 2 aromatic carbocycles. The maximum Gasteiger partial charge on any atom is 0.326 e. The number of hydrogen-bond donors (Lipinski definition) is 7. The lowest BCUT2D eigenvalue weighted by atomic mass is 10.0. The van der Waals surface area contributed by atoms with Crippen LogP contribution in [0.4, 0.5) is 0 Å². The highest BCUT2D eigenvalue weighted by Crippen LogP contribution is 2.11. The van der Waals surface area contributed by atoms with E-state index in [2.05, 4.69) is 21.3 Å². The molecular weight excluding hydrogens is 538 g/mol. The van der Waals surface area contributed by atoms with Crippen LogP contribution >= 0.6 is 11.8 Å². The fourth-order valence-electron chi connectivity index (χ4n) is 3.59. The van der Waals surface area contributed by atoms with Crippen LogP contribution < -0.4 is 27.0 Å². The van der Waals surface area contributed by atoms with Crippen LogP contribution in [0.3, 0.4) is 0 Å². The summed E-state index contributed by atoms with van der Waals surface area (Å²) in [7, 11) is 0. The molecule has 8 N–H and O–H groups in total. The molecule has 0 fully saturated rings. The van der Waals surface area contributed by atoms with Crippen LogP contribution in [0, 0.1) is 0 Å². The smallest absolute Gasteiger partial charge is 0.326 e. The Balaban J connectivity index is 1.88. The van der Waals surface area contributed by atoms with Crippen molar-refractivity contribution in [2.24, 2.45) is 5.73 Å². The number of phenols is 1. The maximum atomic E-state index is 12.9. The minimum absolute atomic E-state index is 0.0881. The summed E-state index contributed by atoms with van der Waals surface area (Å²) in [6.45, 7) is -0.888. The Bertz CT molecular complexity index is 1150. The number of hydrogen-bond acceptors (Lipinski definition) is 8. The Morgan fingerprint density at radius 1 is 0.800 bits per heavy atom. The number of aliphatic carboxylic acids is 1. The molecule has 0 saturated carbocycles. The summed E-state index contributed by atoms with van der Waals surface area (Å²) >= 11 is 1.45. The Kier molecular flexibility index (Phi) is 13.5. The standard InChI is InChI=1S/C27H35N5O7S/c1-40-12-11-21(27(38)39)32-26(37)22(14-17-5-3-2-4-6-17)31-24(35)16-29-23(34)15-30-25(36)20(28)13-18-7-9-19(33)10-8-18/h2-10,20-22,33H,11-16,28H2,1H3,(H,29,34)(H,30,36)(H,31,35)(H,32,37)(H,38,39)/t20?,21-,22-/m0/s1. The van der Waals surface area contributed by atoms with Gasteiger partial charge in [-0.3, -0.25) is 19.2 Å². The molecule has 0 aliphatic rings. The lowest BCUT2D eigenvalue weighted by Crippen LogP contribution is -2.54. The topological polar surface area (TPSA) is 200 Å². The van der Waals surface area contributed by atoms with Gasteiger partial charge >= 0.3 is 5.97 Å². The maximum absolute atomic E-state index is 12.9. The van der Waals surface area contributed by atoms with Crippen molar-refractivity contribution in [3.05, 3.63) is 65.7 Å². The molecule has 216 valence electrons. The third-order valence-electron chi connectivity index (χ3n) is 5.76. The van der Waals surface area contributed by atoms with Crippen molar-refractivity contribution in [2.75, 3.05) is 25.1 Å². The van der Waals surface area contributed by atoms with Crippen LogP contribution in [0.5, 0.6) is 5.75 Å². The number of nitrogens with one attached hydrogen (secondary N) is 4. The van der Waals surface area contributed by atoms with E-state index < -0.39 is 60.8 Å². The van der Waals surface area contributed by atoms with E-state index in [1.54, 1.807) is 42.5 Å². The lowest BCUT2D eigenvalue weighted by Gasteiger charge is -2.22. The predicted octanol–water partition coefficient (Wildman–Crippen LogP) is -0.456. The van der Waals surface area contributed by atoms with Gasteiger partial charge in [0.1, 0.15) is 17.8 Å². The highest BCUT2D eigenvalue weighted by molar-refractivity contribution is 7.98. The van der Waals surface area contributed by atoms with Gasteiger partial charge in [0.25, 0.3) is 0 Å². The number of carbonyl (C=O) groups excluding carboxylic acids is 4. The molecule has 0 heterocycles. The summed E-state index contributed by atoms with van der Waals surface area (Å²) in [6.07, 6.45) is 2.34. The van der Waals surface area contributed by atoms with Crippen LogP contribution in [-0.2, 0) is 36.8 Å². The van der Waals surface area contributed by atoms with E-state index >= 15 is 0 Å². The molecular formula is C27H35N5O7S. The van der Waals surface area contributed by atoms with Gasteiger partial charge in [0.15, 0.2) is 0 Å². The molecule has 0 aromatic heterocycles. The van der Waals surface area contributed by atoms with E-state index in [1.807, 2.05) is 6.26 Å². The quantitative estimate of drug-likeness (QED) is 0.139. The second-order valence-electron chi connectivity index (χ2n) is 8.96. The molecule has 0 aliphatic heterocycles. The zero-order valence-electron chi connectivity index (χ0n) is 22.1. The molecule has 0 spiro atoms. The summed E-state index contributed by atoms with van der Waals surface area (Å²) in [5, 5.41) is 28.6. The summed E-state index contributed by atoms with van der Waals surface area (Å²) in [6, 6.07) is 12.0. The Hall–Kier alpha value is -4.10. The van der Waals surface area contributed by atoms with E-state index in [0.29, 0.717) is 5.75 Å². The highest BCUT2D eigenvalue weighted by atomic mass is 32.2. The van der Waals surface area contributed by atoms with Crippen LogP contribution in [0.15, 0.2) is 54.6 Å². The van der Waals surface area contributed by atoms with Gasteiger partial charge in [-0.25, -0.2) is 4.79 Å². The minimum atomic E-state index is -1.18. The van der Waals surface area contributed by atoms with Crippen LogP contribution in [0.1, 0.15) is 17.5 Å². The van der Waals surface area contributed by atoms with Gasteiger partial charge < -0.3 is 37.2 Å². The zero-order valence-corrected chi connectivity index (χ0v) is 22.9. The van der Waals surface area contributed by atoms with Crippen molar-refractivity contribution in [2.45, 2.75) is 37.4 Å². The number of carboxylic acid groups (broad SMARTS) is 1. The molecule has 13 heteroatoms. The first-order valence-corrected chi connectivity index (χ1v) is 13.9. The number of phenolic OH excluding ortho intramolecular Hbond substituents is 1. The van der Waals surface area contributed by atoms with Crippen molar-refractivity contribution >= 4 is 41.4 Å². The summed E-state index contributed by atoms with van der Waals surface area (Å²) in [5.74, 6) is -3.11. The largest absolute Gasteiger partial charge is 0.508 e. The molecule has 40 heavy (non-hydrogen) atoms. The van der Waals surface area contributed by atoms with E-state index in [9.17, 15) is 34.2 Å². The summed E-state index contributed by atoms with van der Waals surface area (Å²) < 4.78 is 0. The molecule has 4 amide bonds. The minimum Gasteiger partial charge on any atom is -0.508 e. The van der Waals surface area contributed by atoms with Crippen LogP contribution in [0.2, 0.25) is 0 Å². The van der Waals surface area contributed by atoms with Gasteiger partial charge in [0.2, 0.25) is 23.6 Å². The van der Waals surface area contributed by atoms with Gasteiger partial charge in [-0.05, 0) is 48.1 Å². The fraction of sp³-hybridized carbons (Fsp3) is 0.370. The number of carboxylic acids is 1. The van der Waals surface area contributed by atoms with Crippen molar-refractivity contribution in [3.8, 4) is 5.75 Å². The molecule has 1 unspecified atom stereocenters. The number of aromatic hydroxyl groups is 1. The third kappa shape index (κ3) is 11.7. The Morgan fingerprint density at radius 2 is 1.43 bits per heavy atom. The lowest BCUT2D eigenvalue weighted by molar-refractivity contribution is -0.142. The molecule has 0 saturated heterocycles. The fourth-order valence-corrected chi connectivity index (χ4v) is 4.06. The number of carbonyl (C=O) groups is 5. The van der Waals surface area contributed by atoms with Crippen molar-refractivity contribution in [1.82, 2.24) is 21.3 Å². The molecule has 0 aliphatic carbocycles. The first kappa shape index (κ1) is 32.1. The molecule has 3 atom stereocenters. The van der Waals surface area contributed by atoms with Crippen molar-refractivity contribution in [1.29, 1.82) is 0 Å². The predicted molar refractivity (Wildman–Crippen MR) is 150 cm³/mol. The van der Waals surface area contributed by atoms with E-state index in [0.717, 1.165) is 11.1 Å². The molecule has 0 radical (unpaired) electrons. The van der Waals surface area contributed by atoms with Crippen molar-refractivity contribution < 1.29 is 34.2 Å². The van der Waals surface area contributed by atoms with Gasteiger partial charge in [-0.15, -0.1) is 0 Å². The SMILES string of the molecule is CSCC[C@H](NC(=O)[C@H](Cc1ccccc1)NC(=O)CNC(=O)CNC(=O)C(N)Cc1ccc(O)cc1)C(=O)O. The molecule has 2 aromatic rings. The Morgan fingerprint density at radius 3 is 2.05 bits per heavy atom. The average Bonchev–Trinajstić information content (AvgIpc) is 2.93. The second kappa shape index (κ2) is 16.8. The third-order valence-corrected chi connectivity index (χ3v) is 6.40. The molecule has 0 bridgehead atoms. The number of rotatable bonds is 16. The van der Waals surface area contributed by atoms with Crippen LogP contribution in [-0.4, -0.2) is 83.0 Å². The van der Waals surface area contributed by atoms with Crippen molar-refractivity contribution in [3.63, 3.8) is 0 Å². The van der Waals surface area contributed by atoms with Crippen LogP contribution in [0.25, 0.3) is 0 Å². The molecule has 2 rings (SSSR count). The second-order valence-corrected chi connectivity index (χ2v) is 9.95. The Labute approximate surface area is 236 Å². The normalized spacial score (nSPS) is 12.8. The summed E-state index contributed by atoms with van der Waals surface area (Å²) in [4.78, 5) is 61.5.